The lowest BCUT2D eigenvalue weighted by molar-refractivity contribution is -0.146. The van der Waals surface area contributed by atoms with E-state index >= 15 is 0 Å². The maximum Gasteiger partial charge on any atom is 0.418 e. The summed E-state index contributed by atoms with van der Waals surface area (Å²) in [5.74, 6) is -7.22. The van der Waals surface area contributed by atoms with Gasteiger partial charge in [-0.3, -0.25) is 72.8 Å². The summed E-state index contributed by atoms with van der Waals surface area (Å²) in [7, 11) is -4.56. The van der Waals surface area contributed by atoms with Crippen LogP contribution < -0.4 is 10.0 Å². The molecule has 2 aromatic carbocycles. The van der Waals surface area contributed by atoms with Gasteiger partial charge in [-0.15, -0.1) is 0 Å². The summed E-state index contributed by atoms with van der Waals surface area (Å²) in [6.07, 6.45) is -9.57. The number of aliphatic carboxylic acids is 6. The van der Waals surface area contributed by atoms with E-state index in [1.54, 1.807) is 39.2 Å². The Kier molecular flexibility index (Phi) is 28.7. The molecule has 32 heteroatoms. The first-order valence-corrected chi connectivity index (χ1v) is 29.2. The van der Waals surface area contributed by atoms with E-state index in [0.717, 1.165) is 18.2 Å². The Labute approximate surface area is 496 Å². The van der Waals surface area contributed by atoms with Crippen molar-refractivity contribution in [1.29, 1.82) is 0 Å². The molecule has 0 aliphatic carbocycles. The number of hydrogen-bond donors (Lipinski definition) is 8. The van der Waals surface area contributed by atoms with Gasteiger partial charge in [-0.25, -0.2) is 13.1 Å². The number of rotatable bonds is 20. The third-order valence-corrected chi connectivity index (χ3v) is 17.0. The lowest BCUT2D eigenvalue weighted by atomic mass is 10.1. The van der Waals surface area contributed by atoms with E-state index in [1.807, 2.05) is 0 Å². The molecule has 0 spiro atoms. The van der Waals surface area contributed by atoms with Crippen molar-refractivity contribution in [2.24, 2.45) is 0 Å². The van der Waals surface area contributed by atoms with Crippen molar-refractivity contribution >= 4 is 57.4 Å². The fraction of sp³-hybridized carbons (Fsp3) is 0.648. The topological polar surface area (TPSA) is 325 Å². The molecule has 2 saturated heterocycles. The lowest BCUT2D eigenvalue weighted by Crippen LogP contribution is -2.54. The molecule has 2 heterocycles. The summed E-state index contributed by atoms with van der Waals surface area (Å²) in [6.45, 7) is 14.3. The third kappa shape index (κ3) is 23.2. The standard InChI is InChI=1S/C27H42F3N5O8S.C27H40F3N5O7/c1-18-5-6-22(27(28,29)30)23(17-18)44(42,43)31-7-8-32-9-11-33(19(2)24(36)37)13-15-35(21(4)26(40)41)16-14-34(12-10-32)20(3)25(38)39;1-17-5-6-22(21(15-17)27(28,29)30)31-23(36)16-32-7-9-33(18(2)24(37)38)11-13-35(20(4)26(41)42)14-12-34(10-8-32)19(3)25(39)40/h5-6,17,19-21,31H,7-16H2,1-4H3,(H,36,37)(H,38,39)(H,40,41);5-6,15,18-20H,7-14,16H2,1-4H3,(H,31,36)(H,37,38)(H,39,40)(H,41,42). The van der Waals surface area contributed by atoms with Gasteiger partial charge in [0.2, 0.25) is 15.9 Å². The minimum absolute atomic E-state index is 0.0408. The number of carboxylic acids is 6. The zero-order valence-electron chi connectivity index (χ0n) is 49.5. The predicted octanol–water partition coefficient (Wildman–Crippen LogP) is 2.53. The van der Waals surface area contributed by atoms with Gasteiger partial charge in [-0.05, 0) is 85.2 Å². The maximum absolute atomic E-state index is 13.6. The van der Waals surface area contributed by atoms with Crippen LogP contribution in [0.3, 0.4) is 0 Å². The fourth-order valence-corrected chi connectivity index (χ4v) is 10.9. The summed E-state index contributed by atoms with van der Waals surface area (Å²) >= 11 is 0. The van der Waals surface area contributed by atoms with E-state index in [2.05, 4.69) is 10.0 Å². The largest absolute Gasteiger partial charge is 0.480 e. The molecule has 486 valence electrons. The molecule has 2 aromatic rings. The number of halogens is 6. The molecular formula is C54H82F6N10O15S. The first kappa shape index (κ1) is 74.2. The normalized spacial score (nSPS) is 19.7. The molecule has 0 radical (unpaired) electrons. The molecule has 86 heavy (non-hydrogen) atoms. The van der Waals surface area contributed by atoms with E-state index in [1.165, 1.54) is 73.6 Å². The summed E-state index contributed by atoms with van der Waals surface area (Å²) in [6, 6.07) is 0.891. The third-order valence-electron chi connectivity index (χ3n) is 15.5. The van der Waals surface area contributed by atoms with Gasteiger partial charge in [-0.2, -0.15) is 26.3 Å². The Hall–Kier alpha value is -6.10. The second-order valence-electron chi connectivity index (χ2n) is 21.4. The van der Waals surface area contributed by atoms with Crippen LogP contribution in [0.2, 0.25) is 0 Å². The monoisotopic (exact) mass is 1260 g/mol. The van der Waals surface area contributed by atoms with Crippen LogP contribution in [0.25, 0.3) is 0 Å². The summed E-state index contributed by atoms with van der Waals surface area (Å²) in [5.41, 5.74) is -1.95. The minimum Gasteiger partial charge on any atom is -0.480 e. The number of sulfonamides is 1. The molecule has 0 bridgehead atoms. The van der Waals surface area contributed by atoms with E-state index in [-0.39, 0.29) is 130 Å². The summed E-state index contributed by atoms with van der Waals surface area (Å²) < 4.78 is 109. The molecule has 2 aliphatic rings. The summed E-state index contributed by atoms with van der Waals surface area (Å²) in [5, 5.41) is 60.1. The van der Waals surface area contributed by atoms with Gasteiger partial charge in [0.15, 0.2) is 0 Å². The predicted molar refractivity (Wildman–Crippen MR) is 301 cm³/mol. The number of benzene rings is 2. The van der Waals surface area contributed by atoms with E-state index < -0.39 is 116 Å². The Bertz CT molecular complexity index is 2680. The molecule has 6 atom stereocenters. The summed E-state index contributed by atoms with van der Waals surface area (Å²) in [4.78, 5) is 96.1. The number of carboxylic acid groups (broad SMARTS) is 6. The van der Waals surface area contributed by atoms with Crippen molar-refractivity contribution in [1.82, 2.24) is 43.9 Å². The van der Waals surface area contributed by atoms with Crippen molar-refractivity contribution in [3.05, 3.63) is 58.7 Å². The molecule has 2 aliphatic heterocycles. The van der Waals surface area contributed by atoms with E-state index in [9.17, 15) is 99.0 Å². The van der Waals surface area contributed by atoms with Gasteiger partial charge >= 0.3 is 48.2 Å². The van der Waals surface area contributed by atoms with E-state index in [4.69, 9.17) is 0 Å². The van der Waals surface area contributed by atoms with Crippen LogP contribution >= 0.6 is 0 Å². The first-order valence-electron chi connectivity index (χ1n) is 27.8. The number of carbonyl (C=O) groups excluding carboxylic acids is 1. The molecule has 0 aromatic heterocycles. The molecule has 6 unspecified atom stereocenters. The molecular weight excluding hydrogens is 1170 g/mol. The number of alkyl halides is 6. The van der Waals surface area contributed by atoms with Crippen LogP contribution in [0.1, 0.15) is 63.8 Å². The lowest BCUT2D eigenvalue weighted by Gasteiger charge is -2.37. The highest BCUT2D eigenvalue weighted by Crippen LogP contribution is 2.36. The van der Waals surface area contributed by atoms with Crippen molar-refractivity contribution in [3.63, 3.8) is 0 Å². The van der Waals surface area contributed by atoms with E-state index in [0.29, 0.717) is 11.1 Å². The number of nitrogens with zero attached hydrogens (tertiary/aromatic N) is 8. The van der Waals surface area contributed by atoms with Gasteiger partial charge in [0.1, 0.15) is 36.3 Å². The molecule has 8 N–H and O–H groups in total. The maximum atomic E-state index is 13.6. The van der Waals surface area contributed by atoms with Crippen LogP contribution in [0.5, 0.6) is 0 Å². The second kappa shape index (κ2) is 33.3. The second-order valence-corrected chi connectivity index (χ2v) is 23.1. The number of anilines is 1. The van der Waals surface area contributed by atoms with Crippen molar-refractivity contribution in [3.8, 4) is 0 Å². The highest BCUT2D eigenvalue weighted by molar-refractivity contribution is 7.89. The minimum atomic E-state index is -4.89. The smallest absolute Gasteiger partial charge is 0.418 e. The van der Waals surface area contributed by atoms with Crippen molar-refractivity contribution in [2.45, 2.75) is 109 Å². The van der Waals surface area contributed by atoms with Gasteiger partial charge in [0, 0.05) is 118 Å². The van der Waals surface area contributed by atoms with Gasteiger partial charge in [0.25, 0.3) is 0 Å². The first-order chi connectivity index (χ1) is 39.8. The highest BCUT2D eigenvalue weighted by Gasteiger charge is 2.38. The quantitative estimate of drug-likeness (QED) is 0.0883. The molecule has 2 fully saturated rings. The zero-order valence-corrected chi connectivity index (χ0v) is 50.3. The van der Waals surface area contributed by atoms with Crippen LogP contribution in [-0.4, -0.2) is 281 Å². The number of carbonyl (C=O) groups is 7. The Morgan fingerprint density at radius 3 is 1.06 bits per heavy atom. The SMILES string of the molecule is Cc1ccc(C(F)(F)F)c(S(=O)(=O)NCCN2CCN(C(C)C(=O)O)CCN(C(C)C(=O)O)CCN(C(C)C(=O)O)CC2)c1.Cc1ccc(NC(=O)CN2CCN(C(C)C(=O)O)CCN(C(C)C(=O)O)CCN(C(C)C(=O)O)CC2)c(C(F)(F)F)c1. The van der Waals surface area contributed by atoms with Crippen LogP contribution in [-0.2, 0) is 55.9 Å². The number of hydrogen-bond acceptors (Lipinski definition) is 17. The molecule has 0 saturated carbocycles. The van der Waals surface area contributed by atoms with Crippen LogP contribution in [0.4, 0.5) is 32.0 Å². The van der Waals surface area contributed by atoms with Crippen LogP contribution in [0, 0.1) is 13.8 Å². The van der Waals surface area contributed by atoms with Crippen molar-refractivity contribution < 1.29 is 99.0 Å². The zero-order chi connectivity index (χ0) is 65.2. The van der Waals surface area contributed by atoms with Gasteiger partial charge < -0.3 is 36.0 Å². The van der Waals surface area contributed by atoms with Crippen LogP contribution in [0.15, 0.2) is 41.3 Å². The fourth-order valence-electron chi connectivity index (χ4n) is 9.54. The Morgan fingerprint density at radius 1 is 0.453 bits per heavy atom. The average Bonchev–Trinajstić information content (AvgIpc) is 1.73. The average molecular weight is 1260 g/mol. The highest BCUT2D eigenvalue weighted by atomic mass is 32.2. The number of amides is 1. The van der Waals surface area contributed by atoms with Gasteiger partial charge in [-0.1, -0.05) is 17.7 Å². The van der Waals surface area contributed by atoms with Crippen molar-refractivity contribution in [2.75, 3.05) is 130 Å². The molecule has 25 nitrogen and oxygen atoms in total. The molecule has 1 amide bonds. The number of aryl methyl sites for hydroxylation is 2. The molecule has 4 rings (SSSR count). The Morgan fingerprint density at radius 2 is 0.744 bits per heavy atom. The van der Waals surface area contributed by atoms with Gasteiger partial charge in [0.05, 0.1) is 28.3 Å². The number of nitrogens with one attached hydrogen (secondary N) is 2. The Balaban J connectivity index is 0.000000451.